The van der Waals surface area contributed by atoms with Gasteiger partial charge in [-0.1, -0.05) is 12.1 Å². The van der Waals surface area contributed by atoms with E-state index in [-0.39, 0.29) is 24.9 Å². The fourth-order valence-corrected chi connectivity index (χ4v) is 1.75. The third-order valence-corrected chi connectivity index (χ3v) is 2.78. The van der Waals surface area contributed by atoms with E-state index in [4.69, 9.17) is 4.74 Å². The molecular weight excluding hydrogens is 301 g/mol. The molecule has 8 heteroatoms. The summed E-state index contributed by atoms with van der Waals surface area (Å²) in [5, 5.41) is 12.3. The molecule has 0 aliphatic carbocycles. The number of carbonyl (C=O) groups excluding carboxylic acids is 1. The Labute approximate surface area is 126 Å². The first kappa shape index (κ1) is 18.1. The molecule has 0 spiro atoms. The number of aliphatic hydroxyl groups is 1. The molecule has 1 aromatic rings. The van der Waals surface area contributed by atoms with Crippen LogP contribution in [0.25, 0.3) is 0 Å². The highest BCUT2D eigenvalue weighted by molar-refractivity contribution is 5.73. The van der Waals surface area contributed by atoms with E-state index in [9.17, 15) is 23.1 Å². The lowest BCUT2D eigenvalue weighted by Crippen LogP contribution is -2.42. The number of hydrogen-bond acceptors (Lipinski definition) is 3. The molecule has 0 aliphatic rings. The Bertz CT molecular complexity index is 494. The highest BCUT2D eigenvalue weighted by Crippen LogP contribution is 2.35. The molecule has 0 fully saturated rings. The van der Waals surface area contributed by atoms with Gasteiger partial charge in [0.2, 0.25) is 0 Å². The highest BCUT2D eigenvalue weighted by Gasteiger charge is 2.34. The third kappa shape index (κ3) is 5.44. The lowest BCUT2D eigenvalue weighted by atomic mass is 10.2. The van der Waals surface area contributed by atoms with E-state index < -0.39 is 17.8 Å². The third-order valence-electron chi connectivity index (χ3n) is 2.78. The van der Waals surface area contributed by atoms with Crippen LogP contribution in [0.4, 0.5) is 18.0 Å². The van der Waals surface area contributed by atoms with Gasteiger partial charge in [0.1, 0.15) is 18.5 Å². The predicted molar refractivity (Wildman–Crippen MR) is 74.6 cm³/mol. The van der Waals surface area contributed by atoms with E-state index in [0.717, 1.165) is 6.07 Å². The maximum absolute atomic E-state index is 12.8. The molecule has 1 atom stereocenters. The number of nitrogens with one attached hydrogen (secondary N) is 1. The minimum atomic E-state index is -4.53. The minimum absolute atomic E-state index is 0.0555. The molecule has 2 N–H and O–H groups in total. The summed E-state index contributed by atoms with van der Waals surface area (Å²) in [6.07, 6.45) is -5.63. The Morgan fingerprint density at radius 1 is 1.41 bits per heavy atom. The summed E-state index contributed by atoms with van der Waals surface area (Å²) >= 11 is 0. The van der Waals surface area contributed by atoms with Crippen LogP contribution < -0.4 is 10.1 Å². The summed E-state index contributed by atoms with van der Waals surface area (Å²) in [5.41, 5.74) is -0.903. The van der Waals surface area contributed by atoms with Crippen LogP contribution in [0.2, 0.25) is 0 Å². The van der Waals surface area contributed by atoms with E-state index in [1.165, 1.54) is 30.1 Å². The second-order valence-corrected chi connectivity index (χ2v) is 4.67. The van der Waals surface area contributed by atoms with Crippen LogP contribution in [0.1, 0.15) is 12.5 Å². The van der Waals surface area contributed by atoms with Crippen molar-refractivity contribution >= 4 is 6.03 Å². The van der Waals surface area contributed by atoms with E-state index in [2.05, 4.69) is 5.32 Å². The van der Waals surface area contributed by atoms with Crippen molar-refractivity contribution in [2.75, 3.05) is 26.7 Å². The molecule has 0 bridgehead atoms. The Balaban J connectivity index is 2.58. The van der Waals surface area contributed by atoms with Crippen molar-refractivity contribution in [3.8, 4) is 5.75 Å². The van der Waals surface area contributed by atoms with Crippen LogP contribution in [-0.4, -0.2) is 48.9 Å². The van der Waals surface area contributed by atoms with Gasteiger partial charge in [-0.25, -0.2) is 4.79 Å². The number of ether oxygens (including phenoxy) is 1. The van der Waals surface area contributed by atoms with Gasteiger partial charge >= 0.3 is 12.2 Å². The number of urea groups is 1. The van der Waals surface area contributed by atoms with Crippen molar-refractivity contribution in [1.82, 2.24) is 10.2 Å². The zero-order valence-electron chi connectivity index (χ0n) is 12.4. The molecule has 0 aliphatic heterocycles. The molecule has 22 heavy (non-hydrogen) atoms. The molecular formula is C14H19F3N2O3. The van der Waals surface area contributed by atoms with Crippen molar-refractivity contribution in [3.63, 3.8) is 0 Å². The zero-order chi connectivity index (χ0) is 16.8. The fraction of sp³-hybridized carbons (Fsp3) is 0.500. The maximum Gasteiger partial charge on any atom is 0.419 e. The average Bonchev–Trinajstić information content (AvgIpc) is 2.44. The number of amides is 2. The van der Waals surface area contributed by atoms with Crippen molar-refractivity contribution in [1.29, 1.82) is 0 Å². The smallest absolute Gasteiger partial charge is 0.419 e. The number of aliphatic hydroxyl groups excluding tert-OH is 1. The molecule has 0 radical (unpaired) electrons. The van der Waals surface area contributed by atoms with E-state index >= 15 is 0 Å². The van der Waals surface area contributed by atoms with Gasteiger partial charge in [0.25, 0.3) is 0 Å². The van der Waals surface area contributed by atoms with E-state index in [1.54, 1.807) is 6.92 Å². The molecule has 0 saturated heterocycles. The number of carbonyl (C=O) groups is 1. The second kappa shape index (κ2) is 7.88. The van der Waals surface area contributed by atoms with Gasteiger partial charge in [0.15, 0.2) is 0 Å². The molecule has 0 aromatic heterocycles. The van der Waals surface area contributed by atoms with Gasteiger partial charge in [-0.3, -0.25) is 0 Å². The summed E-state index contributed by atoms with van der Waals surface area (Å²) < 4.78 is 43.3. The van der Waals surface area contributed by atoms with Gasteiger partial charge in [-0.15, -0.1) is 0 Å². The van der Waals surface area contributed by atoms with Gasteiger partial charge in [0, 0.05) is 13.6 Å². The van der Waals surface area contributed by atoms with Crippen LogP contribution >= 0.6 is 0 Å². The first-order valence-electron chi connectivity index (χ1n) is 6.71. The standard InChI is InChI=1S/C14H19F3N2O3/c1-3-18-13(21)19(2)8-10(20)9-22-12-7-5-4-6-11(12)14(15,16)17/h4-7,10,20H,3,8-9H2,1-2H3,(H,18,21). The summed E-state index contributed by atoms with van der Waals surface area (Å²) in [6, 6.07) is 4.38. The summed E-state index contributed by atoms with van der Waals surface area (Å²) in [5.74, 6) is -0.352. The Morgan fingerprint density at radius 3 is 2.64 bits per heavy atom. The zero-order valence-corrected chi connectivity index (χ0v) is 12.4. The van der Waals surface area contributed by atoms with Crippen LogP contribution in [0.3, 0.4) is 0 Å². The second-order valence-electron chi connectivity index (χ2n) is 4.67. The maximum atomic E-state index is 12.8. The van der Waals surface area contributed by atoms with Crippen LogP contribution in [-0.2, 0) is 6.18 Å². The SMILES string of the molecule is CCNC(=O)N(C)CC(O)COc1ccccc1C(F)(F)F. The van der Waals surface area contributed by atoms with Crippen LogP contribution in [0.5, 0.6) is 5.75 Å². The molecule has 0 heterocycles. The van der Waals surface area contributed by atoms with Crippen molar-refractivity contribution in [2.45, 2.75) is 19.2 Å². The summed E-state index contributed by atoms with van der Waals surface area (Å²) in [7, 11) is 1.47. The quantitative estimate of drug-likeness (QED) is 0.844. The number of para-hydroxylation sites is 1. The monoisotopic (exact) mass is 320 g/mol. The number of halogens is 3. The Hall–Kier alpha value is -1.96. The molecule has 5 nitrogen and oxygen atoms in total. The van der Waals surface area contributed by atoms with Crippen molar-refractivity contribution < 1.29 is 27.8 Å². The minimum Gasteiger partial charge on any atom is -0.490 e. The van der Waals surface area contributed by atoms with Crippen LogP contribution in [0, 0.1) is 0 Å². The number of benzene rings is 1. The lowest BCUT2D eigenvalue weighted by Gasteiger charge is -2.22. The molecule has 1 rings (SSSR count). The molecule has 0 saturated carbocycles. The van der Waals surface area contributed by atoms with Crippen LogP contribution in [0.15, 0.2) is 24.3 Å². The topological polar surface area (TPSA) is 61.8 Å². The van der Waals surface area contributed by atoms with E-state index in [0.29, 0.717) is 6.54 Å². The number of likely N-dealkylation sites (N-methyl/N-ethyl adjacent to an activating group) is 1. The molecule has 124 valence electrons. The van der Waals surface area contributed by atoms with Gasteiger partial charge in [-0.2, -0.15) is 13.2 Å². The van der Waals surface area contributed by atoms with Gasteiger partial charge in [-0.05, 0) is 19.1 Å². The predicted octanol–water partition coefficient (Wildman–Crippen LogP) is 2.11. The van der Waals surface area contributed by atoms with Gasteiger partial charge in [0.05, 0.1) is 12.1 Å². The molecule has 1 aromatic carbocycles. The normalized spacial score (nSPS) is 12.6. The Kier molecular flexibility index (Phi) is 6.48. The number of alkyl halides is 3. The fourth-order valence-electron chi connectivity index (χ4n) is 1.75. The largest absolute Gasteiger partial charge is 0.490 e. The summed E-state index contributed by atoms with van der Waals surface area (Å²) in [4.78, 5) is 12.7. The molecule has 1 unspecified atom stereocenters. The van der Waals surface area contributed by atoms with E-state index in [1.807, 2.05) is 0 Å². The number of hydrogen-bond donors (Lipinski definition) is 2. The highest BCUT2D eigenvalue weighted by atomic mass is 19.4. The van der Waals surface area contributed by atoms with Gasteiger partial charge < -0.3 is 20.1 Å². The van der Waals surface area contributed by atoms with Crippen molar-refractivity contribution in [3.05, 3.63) is 29.8 Å². The lowest BCUT2D eigenvalue weighted by molar-refractivity contribution is -0.139. The molecule has 2 amide bonds. The number of nitrogens with zero attached hydrogens (tertiary/aromatic N) is 1. The summed E-state index contributed by atoms with van der Waals surface area (Å²) in [6.45, 7) is 1.78. The number of rotatable bonds is 6. The average molecular weight is 320 g/mol. The first-order chi connectivity index (χ1) is 10.3. The first-order valence-corrected chi connectivity index (χ1v) is 6.71. The van der Waals surface area contributed by atoms with Crippen molar-refractivity contribution in [2.24, 2.45) is 0 Å². The Morgan fingerprint density at radius 2 is 2.05 bits per heavy atom.